The van der Waals surface area contributed by atoms with Crippen molar-refractivity contribution in [3.63, 3.8) is 0 Å². The van der Waals surface area contributed by atoms with Crippen molar-refractivity contribution in [3.8, 4) is 0 Å². The average Bonchev–Trinajstić information content (AvgIpc) is 1.25. The second-order valence-electron chi connectivity index (χ2n) is 0.565. The van der Waals surface area contributed by atoms with Gasteiger partial charge in [0, 0.05) is 0 Å². The second kappa shape index (κ2) is 54.2. The summed E-state index contributed by atoms with van der Waals surface area (Å²) in [5, 5.41) is 0. The Bertz CT molecular complexity index is 79.5. The van der Waals surface area contributed by atoms with E-state index in [2.05, 4.69) is 0 Å². The summed E-state index contributed by atoms with van der Waals surface area (Å²) in [6.45, 7) is 0. The van der Waals surface area contributed by atoms with Crippen molar-refractivity contribution in [1.82, 2.24) is 0 Å². The topological polar surface area (TPSA) is 144 Å². The van der Waals surface area contributed by atoms with Crippen LogP contribution in [0.1, 0.15) is 0 Å². The largest absolute Gasteiger partial charge is 2.00 e. The summed E-state index contributed by atoms with van der Waals surface area (Å²) in [5.41, 5.74) is 0. The SMILES string of the molecule is O=[Si](O)O.O=[Si](O)O.[Li+].[Li+].[Li+].[Li+].[Li+].[Li+].[O-2]. The van der Waals surface area contributed by atoms with E-state index in [1.165, 1.54) is 0 Å². The average molecular weight is 214 g/mol. The minimum atomic E-state index is -3.13. The van der Waals surface area contributed by atoms with Crippen molar-refractivity contribution in [1.29, 1.82) is 0 Å². The summed E-state index contributed by atoms with van der Waals surface area (Å²) in [4.78, 5) is 28.6. The van der Waals surface area contributed by atoms with Crippen LogP contribution in [-0.4, -0.2) is 37.5 Å². The third-order valence-corrected chi connectivity index (χ3v) is 0. The minimum Gasteiger partial charge on any atom is -2.00 e. The van der Waals surface area contributed by atoms with Gasteiger partial charge in [-0.05, 0) is 0 Å². The molecule has 0 saturated heterocycles. The smallest absolute Gasteiger partial charge is 1.00 e. The monoisotopic (exact) mass is 214 g/mol. The Balaban J connectivity index is -0.00000000468. The van der Waals surface area contributed by atoms with Gasteiger partial charge in [0.15, 0.2) is 0 Å². The molecular weight excluding hydrogens is 210 g/mol. The molecule has 4 N–H and O–H groups in total. The first kappa shape index (κ1) is 64.9. The molecular formula is H4Li6O7Si2+4. The molecule has 0 aliphatic rings. The van der Waals surface area contributed by atoms with Crippen LogP contribution in [-0.2, 0) is 14.4 Å². The van der Waals surface area contributed by atoms with Gasteiger partial charge in [-0.1, -0.05) is 0 Å². The molecule has 56 valence electrons. The second-order valence-corrected chi connectivity index (χ2v) is 1.70. The predicted molar refractivity (Wildman–Crippen MR) is 22.4 cm³/mol. The summed E-state index contributed by atoms with van der Waals surface area (Å²) < 4.78 is 17.5. The number of rotatable bonds is 0. The van der Waals surface area contributed by atoms with Crippen molar-refractivity contribution < 1.29 is 147 Å². The van der Waals surface area contributed by atoms with Crippen LogP contribution in [0.15, 0.2) is 0 Å². The van der Waals surface area contributed by atoms with Gasteiger partial charge in [-0.15, -0.1) is 0 Å². The van der Waals surface area contributed by atoms with E-state index < -0.39 is 18.3 Å². The van der Waals surface area contributed by atoms with Crippen LogP contribution in [0, 0.1) is 0 Å². The Kier molecular flexibility index (Phi) is 235. The molecule has 0 atom stereocenters. The molecule has 0 spiro atoms. The van der Waals surface area contributed by atoms with Crippen LogP contribution >= 0.6 is 0 Å². The molecule has 0 aliphatic heterocycles. The summed E-state index contributed by atoms with van der Waals surface area (Å²) in [7, 11) is -6.26. The molecule has 0 aliphatic carbocycles. The molecule has 0 aromatic rings. The normalized spacial score (nSPS) is 3.20. The summed E-state index contributed by atoms with van der Waals surface area (Å²) >= 11 is 0. The van der Waals surface area contributed by atoms with E-state index in [1.807, 2.05) is 0 Å². The Morgan fingerprint density at radius 1 is 0.533 bits per heavy atom. The fourth-order valence-electron chi connectivity index (χ4n) is 0. The Hall–Kier alpha value is 2.78. The first-order valence-corrected chi connectivity index (χ1v) is 3.91. The minimum absolute atomic E-state index is 0. The Labute approximate surface area is 163 Å². The number of hydrogen-bond donors (Lipinski definition) is 4. The maximum Gasteiger partial charge on any atom is 1.00 e. The molecule has 0 unspecified atom stereocenters. The van der Waals surface area contributed by atoms with Crippen LogP contribution in [0.25, 0.3) is 0 Å². The fourth-order valence-corrected chi connectivity index (χ4v) is 0. The van der Waals surface area contributed by atoms with Crippen LogP contribution in [0.3, 0.4) is 0 Å². The number of hydrogen-bond acceptors (Lipinski definition) is 2. The van der Waals surface area contributed by atoms with Crippen molar-refractivity contribution in [2.45, 2.75) is 0 Å². The zero-order chi connectivity index (χ0) is 7.15. The molecule has 0 aromatic heterocycles. The van der Waals surface area contributed by atoms with Gasteiger partial charge < -0.3 is 24.7 Å². The van der Waals surface area contributed by atoms with E-state index in [1.54, 1.807) is 0 Å². The van der Waals surface area contributed by atoms with E-state index in [4.69, 9.17) is 28.1 Å². The van der Waals surface area contributed by atoms with Crippen LogP contribution < -0.4 is 113 Å². The van der Waals surface area contributed by atoms with Gasteiger partial charge in [0.2, 0.25) is 0 Å². The van der Waals surface area contributed by atoms with Crippen molar-refractivity contribution in [2.75, 3.05) is 0 Å². The van der Waals surface area contributed by atoms with Gasteiger partial charge in [-0.2, -0.15) is 0 Å². The molecule has 7 nitrogen and oxygen atoms in total. The fraction of sp³-hybridized carbons (Fsp3) is 0. The molecule has 15 heavy (non-hydrogen) atoms. The first-order valence-electron chi connectivity index (χ1n) is 1.30. The maximum absolute atomic E-state index is 8.74. The molecule has 0 heterocycles. The molecule has 0 saturated carbocycles. The van der Waals surface area contributed by atoms with Crippen LogP contribution in [0.4, 0.5) is 0 Å². The molecule has 0 bridgehead atoms. The standard InChI is InChI=1S/6Li.2H2O3Si.O/c;;;;;;2*1-4(2)3;/h;;;;;;2*1-2H;/q6*+1;;;-2. The van der Waals surface area contributed by atoms with E-state index in [-0.39, 0.29) is 119 Å². The van der Waals surface area contributed by atoms with Crippen molar-refractivity contribution >= 4 is 18.3 Å². The molecule has 0 rings (SSSR count). The van der Waals surface area contributed by atoms with E-state index >= 15 is 0 Å². The van der Waals surface area contributed by atoms with E-state index in [9.17, 15) is 0 Å². The summed E-state index contributed by atoms with van der Waals surface area (Å²) in [5.74, 6) is 0. The van der Waals surface area contributed by atoms with Gasteiger partial charge in [-0.25, -0.2) is 0 Å². The molecule has 15 heteroatoms. The quantitative estimate of drug-likeness (QED) is 0.294. The summed E-state index contributed by atoms with van der Waals surface area (Å²) in [6.07, 6.45) is 0. The first-order chi connectivity index (χ1) is 3.46. The zero-order valence-corrected chi connectivity index (χ0v) is 12.0. The Morgan fingerprint density at radius 3 is 0.533 bits per heavy atom. The Morgan fingerprint density at radius 2 is 0.533 bits per heavy atom. The van der Waals surface area contributed by atoms with Crippen LogP contribution in [0.5, 0.6) is 0 Å². The third kappa shape index (κ3) is 475. The molecule has 0 amide bonds. The molecule has 0 aromatic carbocycles. The van der Waals surface area contributed by atoms with Gasteiger partial charge >= 0.3 is 132 Å². The van der Waals surface area contributed by atoms with E-state index in [0.29, 0.717) is 0 Å². The van der Waals surface area contributed by atoms with Gasteiger partial charge in [0.1, 0.15) is 0 Å². The van der Waals surface area contributed by atoms with Gasteiger partial charge in [0.05, 0.1) is 0 Å². The predicted octanol–water partition coefficient (Wildman–Crippen LogP) is -21.3. The maximum atomic E-state index is 8.74. The van der Waals surface area contributed by atoms with Gasteiger partial charge in [-0.3, -0.25) is 8.92 Å². The molecule has 0 radical (unpaired) electrons. The van der Waals surface area contributed by atoms with Crippen molar-refractivity contribution in [3.05, 3.63) is 0 Å². The van der Waals surface area contributed by atoms with Crippen molar-refractivity contribution in [2.24, 2.45) is 0 Å². The van der Waals surface area contributed by atoms with E-state index in [0.717, 1.165) is 0 Å². The third-order valence-electron chi connectivity index (χ3n) is 0. The molecule has 0 fully saturated rings. The van der Waals surface area contributed by atoms with Crippen LogP contribution in [0.2, 0.25) is 0 Å². The zero-order valence-electron chi connectivity index (χ0n) is 10.0. The van der Waals surface area contributed by atoms with Gasteiger partial charge in [0.25, 0.3) is 0 Å². The summed E-state index contributed by atoms with van der Waals surface area (Å²) in [6, 6.07) is 0.